The minimum absolute atomic E-state index is 0.334. The van der Waals surface area contributed by atoms with Gasteiger partial charge >= 0.3 is 0 Å². The lowest BCUT2D eigenvalue weighted by Crippen LogP contribution is -2.26. The summed E-state index contributed by atoms with van der Waals surface area (Å²) in [6.07, 6.45) is 3.77. The Morgan fingerprint density at radius 3 is 2.84 bits per heavy atom. The van der Waals surface area contributed by atoms with Crippen molar-refractivity contribution in [3.8, 4) is 0 Å². The van der Waals surface area contributed by atoms with Crippen molar-refractivity contribution in [2.75, 3.05) is 19.8 Å². The smallest absolute Gasteiger partial charge is 0.254 e. The predicted octanol–water partition coefficient (Wildman–Crippen LogP) is 2.30. The summed E-state index contributed by atoms with van der Waals surface area (Å²) in [4.78, 5) is 14.7. The number of aromatic nitrogens is 1. The van der Waals surface area contributed by atoms with E-state index in [0.29, 0.717) is 26.2 Å². The van der Waals surface area contributed by atoms with Gasteiger partial charge in [0.15, 0.2) is 5.82 Å². The topological polar surface area (TPSA) is 51.2 Å². The number of unbranched alkanes of at least 4 members (excludes halogenated alkanes) is 1. The number of nitrogens with zero attached hydrogens (tertiary/aromatic N) is 1. The normalized spacial score (nSPS) is 10.5. The Morgan fingerprint density at radius 2 is 2.11 bits per heavy atom. The third-order valence-electron chi connectivity index (χ3n) is 2.48. The van der Waals surface area contributed by atoms with E-state index in [2.05, 4.69) is 17.2 Å². The van der Waals surface area contributed by atoms with E-state index in [9.17, 15) is 13.6 Å². The van der Waals surface area contributed by atoms with Crippen molar-refractivity contribution in [2.24, 2.45) is 0 Å². The molecule has 1 amide bonds. The van der Waals surface area contributed by atoms with Gasteiger partial charge in [-0.1, -0.05) is 13.3 Å². The molecule has 1 rings (SSSR count). The van der Waals surface area contributed by atoms with E-state index in [4.69, 9.17) is 4.74 Å². The standard InChI is InChI=1S/C13H18F2N2O2/c1-2-3-8-19-9-4-6-17-13(18)10-5-7-16-12(15)11(10)14/h5,7H,2-4,6,8-9H2,1H3,(H,17,18). The first-order chi connectivity index (χ1) is 9.16. The number of hydrogen-bond donors (Lipinski definition) is 1. The Labute approximate surface area is 111 Å². The van der Waals surface area contributed by atoms with Gasteiger partial charge < -0.3 is 10.1 Å². The quantitative estimate of drug-likeness (QED) is 0.583. The van der Waals surface area contributed by atoms with Gasteiger partial charge in [0.25, 0.3) is 5.91 Å². The minimum atomic E-state index is -1.27. The molecular weight excluding hydrogens is 254 g/mol. The molecule has 106 valence electrons. The molecule has 0 aliphatic carbocycles. The summed E-state index contributed by atoms with van der Waals surface area (Å²) in [5, 5.41) is 2.50. The van der Waals surface area contributed by atoms with Crippen LogP contribution in [-0.2, 0) is 4.74 Å². The second-order valence-corrected chi connectivity index (χ2v) is 4.04. The zero-order chi connectivity index (χ0) is 14.1. The molecule has 6 heteroatoms. The maximum absolute atomic E-state index is 13.2. The SMILES string of the molecule is CCCCOCCCNC(=O)c1ccnc(F)c1F. The third kappa shape index (κ3) is 5.30. The second kappa shape index (κ2) is 8.53. The summed E-state index contributed by atoms with van der Waals surface area (Å²) in [6.45, 7) is 3.67. The number of halogens is 2. The van der Waals surface area contributed by atoms with E-state index in [1.807, 2.05) is 0 Å². The van der Waals surface area contributed by atoms with Gasteiger partial charge in [0.2, 0.25) is 5.95 Å². The number of carbonyl (C=O) groups excluding carboxylic acids is 1. The van der Waals surface area contributed by atoms with Crippen molar-refractivity contribution in [3.05, 3.63) is 29.6 Å². The monoisotopic (exact) mass is 272 g/mol. The average molecular weight is 272 g/mol. The van der Waals surface area contributed by atoms with Crippen molar-refractivity contribution in [2.45, 2.75) is 26.2 Å². The molecule has 1 aromatic heterocycles. The Morgan fingerprint density at radius 1 is 1.37 bits per heavy atom. The molecule has 0 aliphatic heterocycles. The zero-order valence-corrected chi connectivity index (χ0v) is 10.9. The molecule has 4 nitrogen and oxygen atoms in total. The molecule has 0 saturated heterocycles. The molecule has 0 fully saturated rings. The van der Waals surface area contributed by atoms with E-state index < -0.39 is 17.7 Å². The van der Waals surface area contributed by atoms with Crippen LogP contribution in [0.15, 0.2) is 12.3 Å². The number of ether oxygens (including phenoxy) is 1. The van der Waals surface area contributed by atoms with Crippen molar-refractivity contribution >= 4 is 5.91 Å². The summed E-state index contributed by atoms with van der Waals surface area (Å²) >= 11 is 0. The summed E-state index contributed by atoms with van der Waals surface area (Å²) in [5.74, 6) is -3.14. The second-order valence-electron chi connectivity index (χ2n) is 4.04. The van der Waals surface area contributed by atoms with Gasteiger partial charge in [0, 0.05) is 26.0 Å². The van der Waals surface area contributed by atoms with Crippen LogP contribution >= 0.6 is 0 Å². The molecule has 0 aromatic carbocycles. The summed E-state index contributed by atoms with van der Waals surface area (Å²) in [6, 6.07) is 1.14. The molecule has 1 heterocycles. The Hall–Kier alpha value is -1.56. The number of carbonyl (C=O) groups is 1. The van der Waals surface area contributed by atoms with Crippen molar-refractivity contribution in [1.29, 1.82) is 0 Å². The van der Waals surface area contributed by atoms with Crippen molar-refractivity contribution in [3.63, 3.8) is 0 Å². The van der Waals surface area contributed by atoms with Crippen LogP contribution in [0.2, 0.25) is 0 Å². The van der Waals surface area contributed by atoms with Crippen molar-refractivity contribution < 1.29 is 18.3 Å². The van der Waals surface area contributed by atoms with Gasteiger partial charge in [-0.25, -0.2) is 9.37 Å². The highest BCUT2D eigenvalue weighted by Crippen LogP contribution is 2.08. The van der Waals surface area contributed by atoms with E-state index in [-0.39, 0.29) is 5.56 Å². The molecular formula is C13H18F2N2O2. The number of hydrogen-bond acceptors (Lipinski definition) is 3. The largest absolute Gasteiger partial charge is 0.381 e. The maximum Gasteiger partial charge on any atom is 0.254 e. The van der Waals surface area contributed by atoms with Crippen LogP contribution < -0.4 is 5.32 Å². The van der Waals surface area contributed by atoms with E-state index in [0.717, 1.165) is 25.1 Å². The van der Waals surface area contributed by atoms with Crippen LogP contribution in [-0.4, -0.2) is 30.6 Å². The third-order valence-corrected chi connectivity index (χ3v) is 2.48. The van der Waals surface area contributed by atoms with E-state index >= 15 is 0 Å². The van der Waals surface area contributed by atoms with E-state index in [1.54, 1.807) is 0 Å². The number of amides is 1. The van der Waals surface area contributed by atoms with Gasteiger partial charge in [-0.3, -0.25) is 4.79 Å². The van der Waals surface area contributed by atoms with Crippen LogP contribution in [0.3, 0.4) is 0 Å². The van der Waals surface area contributed by atoms with Gasteiger partial charge in [-0.05, 0) is 18.9 Å². The minimum Gasteiger partial charge on any atom is -0.381 e. The molecule has 0 spiro atoms. The van der Waals surface area contributed by atoms with Gasteiger partial charge in [-0.15, -0.1) is 0 Å². The highest BCUT2D eigenvalue weighted by atomic mass is 19.2. The van der Waals surface area contributed by atoms with Gasteiger partial charge in [-0.2, -0.15) is 4.39 Å². The fraction of sp³-hybridized carbons (Fsp3) is 0.538. The fourth-order valence-corrected chi connectivity index (χ4v) is 1.41. The summed E-state index contributed by atoms with van der Waals surface area (Å²) < 4.78 is 31.4. The number of pyridine rings is 1. The highest BCUT2D eigenvalue weighted by molar-refractivity contribution is 5.94. The van der Waals surface area contributed by atoms with Crippen molar-refractivity contribution in [1.82, 2.24) is 10.3 Å². The maximum atomic E-state index is 13.2. The Bertz CT molecular complexity index is 414. The number of rotatable bonds is 8. The Balaban J connectivity index is 2.26. The molecule has 0 atom stereocenters. The lowest BCUT2D eigenvalue weighted by molar-refractivity contribution is 0.0935. The predicted molar refractivity (Wildman–Crippen MR) is 66.8 cm³/mol. The molecule has 1 aromatic rings. The molecule has 0 saturated carbocycles. The summed E-state index contributed by atoms with van der Waals surface area (Å²) in [7, 11) is 0. The van der Waals surface area contributed by atoms with Crippen LogP contribution in [0.4, 0.5) is 8.78 Å². The van der Waals surface area contributed by atoms with E-state index in [1.165, 1.54) is 0 Å². The van der Waals surface area contributed by atoms with Gasteiger partial charge in [0.05, 0.1) is 5.56 Å². The fourth-order valence-electron chi connectivity index (χ4n) is 1.41. The van der Waals surface area contributed by atoms with Crippen LogP contribution in [0.25, 0.3) is 0 Å². The lowest BCUT2D eigenvalue weighted by Gasteiger charge is -2.06. The Kier molecular flexibility index (Phi) is 6.95. The average Bonchev–Trinajstić information content (AvgIpc) is 2.40. The lowest BCUT2D eigenvalue weighted by atomic mass is 10.2. The van der Waals surface area contributed by atoms with Crippen LogP contribution in [0, 0.1) is 11.8 Å². The van der Waals surface area contributed by atoms with Crippen LogP contribution in [0.5, 0.6) is 0 Å². The number of nitrogens with one attached hydrogen (secondary N) is 1. The molecule has 0 aliphatic rings. The highest BCUT2D eigenvalue weighted by Gasteiger charge is 2.15. The first-order valence-corrected chi connectivity index (χ1v) is 6.32. The molecule has 1 N–H and O–H groups in total. The molecule has 0 bridgehead atoms. The van der Waals surface area contributed by atoms with Crippen LogP contribution in [0.1, 0.15) is 36.5 Å². The van der Waals surface area contributed by atoms with Gasteiger partial charge in [0.1, 0.15) is 0 Å². The molecule has 0 radical (unpaired) electrons. The zero-order valence-electron chi connectivity index (χ0n) is 10.9. The molecule has 19 heavy (non-hydrogen) atoms. The first kappa shape index (κ1) is 15.5. The molecule has 0 unspecified atom stereocenters. The first-order valence-electron chi connectivity index (χ1n) is 6.32. The summed E-state index contributed by atoms with van der Waals surface area (Å²) in [5.41, 5.74) is -0.334.